The first-order valence-electron chi connectivity index (χ1n) is 12.4. The highest BCUT2D eigenvalue weighted by atomic mass is 32.1. The molecule has 2 saturated heterocycles. The molecule has 0 N–H and O–H groups in total. The zero-order chi connectivity index (χ0) is 25.3. The summed E-state index contributed by atoms with van der Waals surface area (Å²) < 4.78 is 61.6. The van der Waals surface area contributed by atoms with Crippen LogP contribution in [-0.2, 0) is 0 Å². The smallest absolute Gasteiger partial charge is 0.268 e. The number of benzene rings is 2. The van der Waals surface area contributed by atoms with Gasteiger partial charge >= 0.3 is 0 Å². The number of fused-ring (bicyclic) bond motifs is 4. The normalized spacial score (nSPS) is 18.3. The average Bonchev–Trinajstić information content (AvgIpc) is 3.20. The van der Waals surface area contributed by atoms with Gasteiger partial charge in [0.2, 0.25) is 0 Å². The number of nitrogens with zero attached hydrogens (tertiary/aromatic N) is 4. The molecule has 0 radical (unpaired) electrons. The SMILES string of the molecule is CC1CCN(c2c(F)c(N3CCC(C)CC3)c3c(=O)n4c(nc5cc(F)c(F)cc54)sc3c2F)CC1. The highest BCUT2D eigenvalue weighted by Crippen LogP contribution is 2.42. The number of anilines is 2. The van der Waals surface area contributed by atoms with Gasteiger partial charge in [-0.05, 0) is 37.5 Å². The molecule has 2 aliphatic heterocycles. The highest BCUT2D eigenvalue weighted by molar-refractivity contribution is 7.23. The predicted molar refractivity (Wildman–Crippen MR) is 135 cm³/mol. The van der Waals surface area contributed by atoms with Crippen LogP contribution in [0, 0.1) is 35.1 Å². The number of piperidine rings is 2. The Balaban J connectivity index is 1.69. The Morgan fingerprint density at radius 2 is 1.39 bits per heavy atom. The van der Waals surface area contributed by atoms with E-state index in [-0.39, 0.29) is 37.5 Å². The summed E-state index contributed by atoms with van der Waals surface area (Å²) in [6.45, 7) is 6.40. The minimum Gasteiger partial charge on any atom is -0.368 e. The highest BCUT2D eigenvalue weighted by Gasteiger charge is 2.32. The topological polar surface area (TPSA) is 40.9 Å². The summed E-state index contributed by atoms with van der Waals surface area (Å²) in [6, 6.07) is 1.82. The molecule has 0 aliphatic carbocycles. The molecule has 6 rings (SSSR count). The van der Waals surface area contributed by atoms with Crippen molar-refractivity contribution in [3.8, 4) is 0 Å². The van der Waals surface area contributed by atoms with E-state index in [4.69, 9.17) is 0 Å². The summed E-state index contributed by atoms with van der Waals surface area (Å²) in [5.74, 6) is -2.77. The van der Waals surface area contributed by atoms with Crippen LogP contribution in [0.3, 0.4) is 0 Å². The molecule has 0 spiro atoms. The quantitative estimate of drug-likeness (QED) is 0.301. The van der Waals surface area contributed by atoms with Gasteiger partial charge in [-0.25, -0.2) is 26.9 Å². The zero-order valence-corrected chi connectivity index (χ0v) is 20.9. The number of halogens is 4. The minimum absolute atomic E-state index is 0.0207. The Labute approximate surface area is 208 Å². The fourth-order valence-electron chi connectivity index (χ4n) is 5.49. The van der Waals surface area contributed by atoms with Crippen molar-refractivity contribution in [1.82, 2.24) is 9.38 Å². The fraction of sp³-hybridized carbons (Fsp3) is 0.462. The summed E-state index contributed by atoms with van der Waals surface area (Å²) in [5, 5.41) is -0.0739. The van der Waals surface area contributed by atoms with Crippen LogP contribution in [0.1, 0.15) is 39.5 Å². The van der Waals surface area contributed by atoms with E-state index in [0.29, 0.717) is 38.0 Å². The van der Waals surface area contributed by atoms with Gasteiger partial charge in [0.25, 0.3) is 5.56 Å². The number of hydrogen-bond acceptors (Lipinski definition) is 5. The molecule has 0 atom stereocenters. The van der Waals surface area contributed by atoms with Crippen molar-refractivity contribution in [2.24, 2.45) is 11.8 Å². The van der Waals surface area contributed by atoms with E-state index >= 15 is 8.78 Å². The third-order valence-corrected chi connectivity index (χ3v) is 8.81. The van der Waals surface area contributed by atoms with E-state index in [1.807, 2.05) is 4.90 Å². The van der Waals surface area contributed by atoms with E-state index in [1.165, 1.54) is 0 Å². The maximum Gasteiger partial charge on any atom is 0.268 e. The van der Waals surface area contributed by atoms with E-state index in [1.54, 1.807) is 4.90 Å². The van der Waals surface area contributed by atoms with E-state index in [9.17, 15) is 13.6 Å². The molecule has 5 nitrogen and oxygen atoms in total. The standard InChI is InChI=1S/C26H26F4N4OS/c1-13-3-7-32(8-4-13)22-19-24(21(30)23(20(22)29)33-9-5-14(2)6-10-33)36-26-31-17-11-15(27)16(28)12-18(17)34(26)25(19)35/h11-14H,3-10H2,1-2H3. The molecule has 2 aromatic carbocycles. The fourth-order valence-corrected chi connectivity index (χ4v) is 6.57. The second-order valence-electron chi connectivity index (χ2n) is 10.3. The Morgan fingerprint density at radius 3 is 2.00 bits per heavy atom. The van der Waals surface area contributed by atoms with Crippen molar-refractivity contribution in [1.29, 1.82) is 0 Å². The van der Waals surface area contributed by atoms with Gasteiger partial charge in [-0.2, -0.15) is 0 Å². The van der Waals surface area contributed by atoms with Crippen LogP contribution in [0.2, 0.25) is 0 Å². The van der Waals surface area contributed by atoms with Crippen LogP contribution in [0.5, 0.6) is 0 Å². The maximum absolute atomic E-state index is 16.4. The van der Waals surface area contributed by atoms with Crippen molar-refractivity contribution in [2.75, 3.05) is 36.0 Å². The lowest BCUT2D eigenvalue weighted by molar-refractivity contribution is 0.426. The third-order valence-electron chi connectivity index (χ3n) is 7.76. The monoisotopic (exact) mass is 518 g/mol. The number of hydrogen-bond donors (Lipinski definition) is 0. The van der Waals surface area contributed by atoms with Crippen molar-refractivity contribution >= 4 is 48.8 Å². The van der Waals surface area contributed by atoms with Crippen LogP contribution in [0.25, 0.3) is 26.1 Å². The van der Waals surface area contributed by atoms with Crippen LogP contribution in [0.15, 0.2) is 16.9 Å². The maximum atomic E-state index is 16.4. The molecule has 2 aromatic heterocycles. The Hall–Kier alpha value is -2.88. The molecular formula is C26H26F4N4OS. The van der Waals surface area contributed by atoms with Gasteiger partial charge in [0.1, 0.15) is 5.69 Å². The molecule has 2 aliphatic rings. The molecule has 0 bridgehead atoms. The van der Waals surface area contributed by atoms with E-state index < -0.39 is 28.8 Å². The second-order valence-corrected chi connectivity index (χ2v) is 11.2. The van der Waals surface area contributed by atoms with Gasteiger partial charge in [-0.3, -0.25) is 4.79 Å². The summed E-state index contributed by atoms with van der Waals surface area (Å²) in [7, 11) is 0. The van der Waals surface area contributed by atoms with Crippen molar-refractivity contribution in [3.63, 3.8) is 0 Å². The number of aromatic nitrogens is 2. The molecule has 4 aromatic rings. The Kier molecular flexibility index (Phi) is 5.62. The van der Waals surface area contributed by atoms with Gasteiger partial charge < -0.3 is 9.80 Å². The van der Waals surface area contributed by atoms with Crippen LogP contribution < -0.4 is 15.4 Å². The van der Waals surface area contributed by atoms with Gasteiger partial charge in [0.15, 0.2) is 28.2 Å². The van der Waals surface area contributed by atoms with Gasteiger partial charge in [-0.1, -0.05) is 25.2 Å². The number of imidazole rings is 1. The summed E-state index contributed by atoms with van der Waals surface area (Å²) >= 11 is 0.908. The first-order chi connectivity index (χ1) is 17.2. The molecule has 190 valence electrons. The molecule has 0 saturated carbocycles. The zero-order valence-electron chi connectivity index (χ0n) is 20.1. The molecule has 2 fully saturated rings. The van der Waals surface area contributed by atoms with Crippen molar-refractivity contribution < 1.29 is 17.6 Å². The van der Waals surface area contributed by atoms with E-state index in [0.717, 1.165) is 53.6 Å². The summed E-state index contributed by atoms with van der Waals surface area (Å²) in [6.07, 6.45) is 3.30. The third kappa shape index (κ3) is 3.55. The lowest BCUT2D eigenvalue weighted by Crippen LogP contribution is -2.37. The van der Waals surface area contributed by atoms with Gasteiger partial charge in [0.05, 0.1) is 26.8 Å². The molecule has 4 heterocycles. The predicted octanol–water partition coefficient (Wildman–Crippen LogP) is 6.09. The molecule has 10 heteroatoms. The van der Waals surface area contributed by atoms with Crippen LogP contribution >= 0.6 is 11.3 Å². The lowest BCUT2D eigenvalue weighted by Gasteiger charge is -2.36. The van der Waals surface area contributed by atoms with Crippen LogP contribution in [-0.4, -0.2) is 35.6 Å². The van der Waals surface area contributed by atoms with Crippen LogP contribution in [0.4, 0.5) is 28.9 Å². The summed E-state index contributed by atoms with van der Waals surface area (Å²) in [4.78, 5) is 21.8. The Bertz CT molecular complexity index is 1570. The van der Waals surface area contributed by atoms with Gasteiger partial charge in [-0.15, -0.1) is 0 Å². The largest absolute Gasteiger partial charge is 0.368 e. The van der Waals surface area contributed by atoms with Crippen molar-refractivity contribution in [3.05, 3.63) is 45.8 Å². The Morgan fingerprint density at radius 1 is 0.833 bits per heavy atom. The minimum atomic E-state index is -1.12. The lowest BCUT2D eigenvalue weighted by atomic mass is 9.97. The molecule has 0 amide bonds. The second kappa shape index (κ2) is 8.61. The first kappa shape index (κ1) is 23.5. The average molecular weight is 519 g/mol. The van der Waals surface area contributed by atoms with Crippen molar-refractivity contribution in [2.45, 2.75) is 39.5 Å². The molecule has 0 unspecified atom stereocenters. The molecular weight excluding hydrogens is 492 g/mol. The van der Waals surface area contributed by atoms with E-state index in [2.05, 4.69) is 18.8 Å². The number of rotatable bonds is 2. The first-order valence-corrected chi connectivity index (χ1v) is 13.2. The molecule has 36 heavy (non-hydrogen) atoms. The van der Waals surface area contributed by atoms with Gasteiger partial charge in [0, 0.05) is 38.3 Å². The summed E-state index contributed by atoms with van der Waals surface area (Å²) in [5.41, 5.74) is -0.537.